The van der Waals surface area contributed by atoms with Gasteiger partial charge in [0.25, 0.3) is 11.5 Å². The Morgan fingerprint density at radius 3 is 2.58 bits per heavy atom. The smallest absolute Gasteiger partial charge is 0.321 e. The van der Waals surface area contributed by atoms with Gasteiger partial charge in [-0.05, 0) is 49.8 Å². The zero-order valence-corrected chi connectivity index (χ0v) is 17.9. The maximum absolute atomic E-state index is 13.3. The summed E-state index contributed by atoms with van der Waals surface area (Å²) in [4.78, 5) is 41.4. The van der Waals surface area contributed by atoms with Crippen LogP contribution in [0.1, 0.15) is 9.67 Å². The van der Waals surface area contributed by atoms with Gasteiger partial charge in [-0.2, -0.15) is 0 Å². The van der Waals surface area contributed by atoms with Gasteiger partial charge in [-0.15, -0.1) is 11.3 Å². The molecule has 0 bridgehead atoms. The molecule has 0 saturated carbocycles. The quantitative estimate of drug-likeness (QED) is 0.463. The molecule has 2 aromatic carbocycles. The van der Waals surface area contributed by atoms with Crippen molar-refractivity contribution in [3.05, 3.63) is 79.6 Å². The highest BCUT2D eigenvalue weighted by molar-refractivity contribution is 7.12. The summed E-state index contributed by atoms with van der Waals surface area (Å²) in [5.74, 6) is -0.177. The number of thiophene rings is 1. The average molecular weight is 433 g/mol. The van der Waals surface area contributed by atoms with E-state index in [1.807, 2.05) is 54.7 Å². The summed E-state index contributed by atoms with van der Waals surface area (Å²) in [6.45, 7) is 0.899. The van der Waals surface area contributed by atoms with Crippen molar-refractivity contribution in [1.82, 2.24) is 13.9 Å². The van der Waals surface area contributed by atoms with Gasteiger partial charge in [0.1, 0.15) is 0 Å². The van der Waals surface area contributed by atoms with E-state index in [4.69, 9.17) is 0 Å². The molecule has 5 aromatic rings. The first-order valence-corrected chi connectivity index (χ1v) is 10.8. The summed E-state index contributed by atoms with van der Waals surface area (Å²) in [6, 6.07) is 14.6. The van der Waals surface area contributed by atoms with Crippen LogP contribution in [0, 0.1) is 0 Å². The molecule has 0 aliphatic carbocycles. The van der Waals surface area contributed by atoms with Crippen molar-refractivity contribution in [3.8, 4) is 0 Å². The first-order chi connectivity index (χ1) is 15.0. The summed E-state index contributed by atoms with van der Waals surface area (Å²) in [6.07, 6.45) is 0. The summed E-state index contributed by atoms with van der Waals surface area (Å²) in [7, 11) is 3.81. The Balaban J connectivity index is 1.72. The molecule has 0 aliphatic heterocycles. The number of likely N-dealkylation sites (N-methyl/N-ethyl adjacent to an activating group) is 1. The van der Waals surface area contributed by atoms with Gasteiger partial charge in [0.2, 0.25) is 0 Å². The number of rotatable bonds is 5. The monoisotopic (exact) mass is 432 g/mol. The number of fused-ring (bicyclic) bond motifs is 3. The number of carbonyl (C=O) groups is 1. The third-order valence-corrected chi connectivity index (χ3v) is 6.33. The Kier molecular flexibility index (Phi) is 4.60. The first-order valence-electron chi connectivity index (χ1n) is 9.88. The van der Waals surface area contributed by atoms with Crippen molar-refractivity contribution in [2.24, 2.45) is 0 Å². The van der Waals surface area contributed by atoms with Crippen LogP contribution in [0.4, 0.5) is 5.69 Å². The van der Waals surface area contributed by atoms with Crippen molar-refractivity contribution in [2.45, 2.75) is 6.54 Å². The third kappa shape index (κ3) is 3.11. The van der Waals surface area contributed by atoms with E-state index in [1.54, 1.807) is 22.6 Å². The normalized spacial score (nSPS) is 11.8. The second-order valence-corrected chi connectivity index (χ2v) is 8.69. The maximum Gasteiger partial charge on any atom is 0.336 e. The Morgan fingerprint density at radius 1 is 1.03 bits per heavy atom. The predicted molar refractivity (Wildman–Crippen MR) is 125 cm³/mol. The number of nitrogens with one attached hydrogen (secondary N) is 1. The minimum Gasteiger partial charge on any atom is -0.321 e. The number of anilines is 1. The van der Waals surface area contributed by atoms with E-state index in [0.717, 1.165) is 10.8 Å². The van der Waals surface area contributed by atoms with E-state index < -0.39 is 0 Å². The molecule has 3 heterocycles. The molecule has 3 aromatic heterocycles. The molecule has 1 N–H and O–H groups in total. The summed E-state index contributed by atoms with van der Waals surface area (Å²) < 4.78 is 2.91. The van der Waals surface area contributed by atoms with Gasteiger partial charge >= 0.3 is 5.69 Å². The number of benzene rings is 2. The largest absolute Gasteiger partial charge is 0.336 e. The van der Waals surface area contributed by atoms with Gasteiger partial charge in [-0.3, -0.25) is 18.6 Å². The number of hydrogen-bond acceptors (Lipinski definition) is 5. The summed E-state index contributed by atoms with van der Waals surface area (Å²) in [5.41, 5.74) is 1.34. The lowest BCUT2D eigenvalue weighted by atomic mass is 10.1. The van der Waals surface area contributed by atoms with E-state index in [-0.39, 0.29) is 17.2 Å². The lowest BCUT2D eigenvalue weighted by Gasteiger charge is -2.12. The highest BCUT2D eigenvalue weighted by Crippen LogP contribution is 2.31. The molecule has 7 nitrogen and oxygen atoms in total. The molecule has 0 unspecified atom stereocenters. The molecule has 0 saturated heterocycles. The van der Waals surface area contributed by atoms with Crippen LogP contribution in [-0.4, -0.2) is 40.4 Å². The summed E-state index contributed by atoms with van der Waals surface area (Å²) >= 11 is 1.37. The Morgan fingerprint density at radius 2 is 1.84 bits per heavy atom. The molecule has 0 spiro atoms. The SMILES string of the molecule is CN(C)CCn1c(=O)c2cccc3c4cc(NC(=O)c5cccs5)ccc4n(c1=O)c23. The number of nitrogens with zero attached hydrogens (tertiary/aromatic N) is 3. The predicted octanol–water partition coefficient (Wildman–Crippen LogP) is 3.08. The maximum atomic E-state index is 13.3. The lowest BCUT2D eigenvalue weighted by Crippen LogP contribution is -2.39. The van der Waals surface area contributed by atoms with Crippen molar-refractivity contribution in [3.63, 3.8) is 0 Å². The fraction of sp³-hybridized carbons (Fsp3) is 0.174. The minimum absolute atomic E-state index is 0.177. The standard InChI is InChI=1S/C23H20N4O3S/c1-25(2)10-11-26-22(29)16-6-3-5-15-17-13-14(24-21(28)19-7-4-12-31-19)8-9-18(17)27(20(15)16)23(26)30/h3-9,12-13H,10-11H2,1-2H3,(H,24,28). The highest BCUT2D eigenvalue weighted by atomic mass is 32.1. The van der Waals surface area contributed by atoms with Crippen molar-refractivity contribution in [2.75, 3.05) is 26.0 Å². The molecule has 5 rings (SSSR count). The Hall–Kier alpha value is -3.49. The van der Waals surface area contributed by atoms with Crippen molar-refractivity contribution in [1.29, 1.82) is 0 Å². The van der Waals surface area contributed by atoms with E-state index in [2.05, 4.69) is 5.32 Å². The zero-order chi connectivity index (χ0) is 21.7. The topological polar surface area (TPSA) is 75.8 Å². The van der Waals surface area contributed by atoms with Crippen LogP contribution in [-0.2, 0) is 6.54 Å². The second kappa shape index (κ2) is 7.33. The van der Waals surface area contributed by atoms with Gasteiger partial charge in [0.15, 0.2) is 0 Å². The lowest BCUT2D eigenvalue weighted by molar-refractivity contribution is 0.103. The van der Waals surface area contributed by atoms with Crippen LogP contribution >= 0.6 is 11.3 Å². The van der Waals surface area contributed by atoms with Crippen LogP contribution < -0.4 is 16.6 Å². The van der Waals surface area contributed by atoms with Gasteiger partial charge in [-0.25, -0.2) is 4.79 Å². The van der Waals surface area contributed by atoms with Gasteiger partial charge in [0, 0.05) is 29.5 Å². The van der Waals surface area contributed by atoms with Crippen LogP contribution in [0.5, 0.6) is 0 Å². The molecule has 31 heavy (non-hydrogen) atoms. The van der Waals surface area contributed by atoms with Crippen LogP contribution in [0.2, 0.25) is 0 Å². The van der Waals surface area contributed by atoms with Gasteiger partial charge < -0.3 is 10.2 Å². The van der Waals surface area contributed by atoms with Crippen molar-refractivity contribution < 1.29 is 4.79 Å². The number of carbonyl (C=O) groups excluding carboxylic acids is 1. The molecule has 0 aliphatic rings. The van der Waals surface area contributed by atoms with Crippen LogP contribution in [0.3, 0.4) is 0 Å². The molecule has 0 atom stereocenters. The third-order valence-electron chi connectivity index (χ3n) is 5.46. The molecule has 156 valence electrons. The fourth-order valence-electron chi connectivity index (χ4n) is 3.97. The average Bonchev–Trinajstić information content (AvgIpc) is 3.39. The Bertz CT molecular complexity index is 1550. The van der Waals surface area contributed by atoms with Gasteiger partial charge in [-0.1, -0.05) is 18.2 Å². The molecule has 1 amide bonds. The van der Waals surface area contributed by atoms with Gasteiger partial charge in [0.05, 0.1) is 21.3 Å². The molecule has 0 fully saturated rings. The Labute approximate surface area is 181 Å². The zero-order valence-electron chi connectivity index (χ0n) is 17.1. The number of aromatic nitrogens is 2. The number of hydrogen-bond donors (Lipinski definition) is 1. The molecule has 0 radical (unpaired) electrons. The first kappa shape index (κ1) is 19.5. The van der Waals surface area contributed by atoms with E-state index in [1.165, 1.54) is 15.9 Å². The van der Waals surface area contributed by atoms with Crippen LogP contribution in [0.15, 0.2) is 63.5 Å². The molecular weight excluding hydrogens is 412 g/mol. The van der Waals surface area contributed by atoms with E-state index >= 15 is 0 Å². The number of para-hydroxylation sites is 1. The highest BCUT2D eigenvalue weighted by Gasteiger charge is 2.19. The van der Waals surface area contributed by atoms with Crippen LogP contribution in [0.25, 0.3) is 27.2 Å². The fourth-order valence-corrected chi connectivity index (χ4v) is 4.59. The number of amides is 1. The van der Waals surface area contributed by atoms with Crippen molar-refractivity contribution >= 4 is 50.1 Å². The summed E-state index contributed by atoms with van der Waals surface area (Å²) in [5, 5.41) is 6.91. The second-order valence-electron chi connectivity index (χ2n) is 7.74. The molecular formula is C23H20N4O3S. The van der Waals surface area contributed by atoms with E-state index in [9.17, 15) is 14.4 Å². The minimum atomic E-state index is -0.346. The molecule has 8 heteroatoms. The van der Waals surface area contributed by atoms with E-state index in [0.29, 0.717) is 40.1 Å².